The normalized spacial score (nSPS) is 25.3. The predicted octanol–water partition coefficient (Wildman–Crippen LogP) is -0.234. The van der Waals surface area contributed by atoms with E-state index in [-0.39, 0.29) is 18.1 Å². The molecule has 0 aromatic carbocycles. The molecule has 7 heteroatoms. The third-order valence-electron chi connectivity index (χ3n) is 3.28. The molecule has 1 aromatic rings. The van der Waals surface area contributed by atoms with Crippen molar-refractivity contribution in [3.63, 3.8) is 0 Å². The van der Waals surface area contributed by atoms with Crippen LogP contribution in [0.2, 0.25) is 0 Å². The van der Waals surface area contributed by atoms with Gasteiger partial charge in [-0.25, -0.2) is 4.79 Å². The van der Waals surface area contributed by atoms with Gasteiger partial charge in [-0.15, -0.1) is 11.3 Å². The second-order valence-electron chi connectivity index (χ2n) is 5.40. The van der Waals surface area contributed by atoms with E-state index in [1.165, 1.54) is 0 Å². The number of rotatable bonds is 4. The molecule has 2 rings (SSSR count). The van der Waals surface area contributed by atoms with E-state index >= 15 is 0 Å². The van der Waals surface area contributed by atoms with Crippen LogP contribution >= 0.6 is 11.3 Å². The number of thiophene rings is 1. The van der Waals surface area contributed by atoms with Crippen LogP contribution in [0.15, 0.2) is 17.5 Å². The molecule has 116 valence electrons. The molecule has 0 bridgehead atoms. The van der Waals surface area contributed by atoms with Crippen LogP contribution in [0.3, 0.4) is 0 Å². The smallest absolute Gasteiger partial charge is 0.321 e. The van der Waals surface area contributed by atoms with Crippen molar-refractivity contribution in [2.45, 2.75) is 32.6 Å². The SMILES string of the molecule is C[C@@H]1C[NH+](CC(=O)NC(=O)NCc2cccs2)C[C@@H](C)O1. The van der Waals surface area contributed by atoms with Crippen LogP contribution in [0.5, 0.6) is 0 Å². The van der Waals surface area contributed by atoms with E-state index in [4.69, 9.17) is 4.74 Å². The average Bonchev–Trinajstić information content (AvgIpc) is 2.87. The number of carbonyl (C=O) groups is 2. The van der Waals surface area contributed by atoms with E-state index < -0.39 is 6.03 Å². The first-order valence-electron chi connectivity index (χ1n) is 7.12. The Hall–Kier alpha value is -1.44. The van der Waals surface area contributed by atoms with E-state index in [2.05, 4.69) is 10.6 Å². The number of hydrogen-bond acceptors (Lipinski definition) is 4. The molecule has 0 aliphatic carbocycles. The number of amides is 3. The van der Waals surface area contributed by atoms with Gasteiger partial charge in [0.25, 0.3) is 5.91 Å². The Labute approximate surface area is 128 Å². The Morgan fingerprint density at radius 2 is 2.10 bits per heavy atom. The summed E-state index contributed by atoms with van der Waals surface area (Å²) in [4.78, 5) is 25.7. The van der Waals surface area contributed by atoms with Crippen LogP contribution in [-0.4, -0.2) is 43.8 Å². The van der Waals surface area contributed by atoms with Crippen molar-refractivity contribution in [3.05, 3.63) is 22.4 Å². The first-order chi connectivity index (χ1) is 10.0. The number of imide groups is 1. The molecule has 3 N–H and O–H groups in total. The minimum Gasteiger partial charge on any atom is -0.364 e. The molecule has 1 aromatic heterocycles. The van der Waals surface area contributed by atoms with Crippen molar-refractivity contribution < 1.29 is 19.2 Å². The van der Waals surface area contributed by atoms with Crippen molar-refractivity contribution >= 4 is 23.3 Å². The molecule has 0 unspecified atom stereocenters. The number of nitrogens with one attached hydrogen (secondary N) is 3. The summed E-state index contributed by atoms with van der Waals surface area (Å²) in [6, 6.07) is 3.42. The number of urea groups is 1. The number of carbonyl (C=O) groups excluding carboxylic acids is 2. The standard InChI is InChI=1S/C14H21N3O3S/c1-10-7-17(8-11(2)20-10)9-13(18)16-14(19)15-6-12-4-3-5-21-12/h3-5,10-11H,6-9H2,1-2H3,(H2,15,16,18,19)/p+1/t10-,11-/m1/s1. The topological polar surface area (TPSA) is 71.9 Å². The molecule has 1 aliphatic heterocycles. The van der Waals surface area contributed by atoms with Gasteiger partial charge >= 0.3 is 6.03 Å². The highest BCUT2D eigenvalue weighted by Gasteiger charge is 2.27. The van der Waals surface area contributed by atoms with Crippen LogP contribution in [0.4, 0.5) is 4.79 Å². The van der Waals surface area contributed by atoms with Crippen molar-refractivity contribution in [2.24, 2.45) is 0 Å². The Bertz CT molecular complexity index is 468. The summed E-state index contributed by atoms with van der Waals surface area (Å²) in [6.45, 7) is 6.31. The fourth-order valence-corrected chi connectivity index (χ4v) is 3.20. The van der Waals surface area contributed by atoms with Gasteiger partial charge in [-0.05, 0) is 25.3 Å². The molecule has 2 heterocycles. The molecule has 3 amide bonds. The minimum absolute atomic E-state index is 0.143. The molecule has 6 nitrogen and oxygen atoms in total. The Balaban J connectivity index is 1.69. The predicted molar refractivity (Wildman–Crippen MR) is 80.3 cm³/mol. The largest absolute Gasteiger partial charge is 0.364 e. The van der Waals surface area contributed by atoms with E-state index in [1.54, 1.807) is 11.3 Å². The summed E-state index contributed by atoms with van der Waals surface area (Å²) < 4.78 is 5.63. The van der Waals surface area contributed by atoms with Crippen molar-refractivity contribution in [1.82, 2.24) is 10.6 Å². The van der Waals surface area contributed by atoms with E-state index in [0.29, 0.717) is 13.1 Å². The fourth-order valence-electron chi connectivity index (χ4n) is 2.56. The highest BCUT2D eigenvalue weighted by atomic mass is 32.1. The van der Waals surface area contributed by atoms with Crippen LogP contribution in [0.25, 0.3) is 0 Å². The lowest BCUT2D eigenvalue weighted by atomic mass is 10.2. The fraction of sp³-hybridized carbons (Fsp3) is 0.571. The third-order valence-corrected chi connectivity index (χ3v) is 4.16. The highest BCUT2D eigenvalue weighted by molar-refractivity contribution is 7.09. The molecule has 1 aliphatic rings. The van der Waals surface area contributed by atoms with Crippen LogP contribution in [-0.2, 0) is 16.1 Å². The number of hydrogen-bond donors (Lipinski definition) is 3. The molecule has 1 fully saturated rings. The Morgan fingerprint density at radius 3 is 2.71 bits per heavy atom. The lowest BCUT2D eigenvalue weighted by Crippen LogP contribution is -3.16. The first-order valence-corrected chi connectivity index (χ1v) is 8.00. The quantitative estimate of drug-likeness (QED) is 0.719. The van der Waals surface area contributed by atoms with Gasteiger partial charge in [0.2, 0.25) is 0 Å². The monoisotopic (exact) mass is 312 g/mol. The van der Waals surface area contributed by atoms with Gasteiger partial charge in [-0.1, -0.05) is 6.07 Å². The summed E-state index contributed by atoms with van der Waals surface area (Å²) in [5.74, 6) is -0.255. The molecule has 21 heavy (non-hydrogen) atoms. The second kappa shape index (κ2) is 7.53. The van der Waals surface area contributed by atoms with Gasteiger partial charge in [0.15, 0.2) is 6.54 Å². The zero-order valence-electron chi connectivity index (χ0n) is 12.3. The molecule has 0 saturated carbocycles. The zero-order chi connectivity index (χ0) is 15.2. The average molecular weight is 312 g/mol. The van der Waals surface area contributed by atoms with Gasteiger partial charge in [-0.3, -0.25) is 10.1 Å². The molecule has 2 atom stereocenters. The van der Waals surface area contributed by atoms with Crippen molar-refractivity contribution in [2.75, 3.05) is 19.6 Å². The summed E-state index contributed by atoms with van der Waals surface area (Å²) in [5, 5.41) is 7.00. The van der Waals surface area contributed by atoms with Crippen LogP contribution < -0.4 is 15.5 Å². The van der Waals surface area contributed by atoms with Crippen molar-refractivity contribution in [3.8, 4) is 0 Å². The molecule has 0 radical (unpaired) electrons. The maximum Gasteiger partial charge on any atom is 0.321 e. The van der Waals surface area contributed by atoms with Gasteiger partial charge in [0, 0.05) is 4.88 Å². The minimum atomic E-state index is -0.442. The lowest BCUT2D eigenvalue weighted by Gasteiger charge is -2.31. The summed E-state index contributed by atoms with van der Waals surface area (Å²) in [6.07, 6.45) is 0.286. The van der Waals surface area contributed by atoms with Gasteiger partial charge in [0.1, 0.15) is 25.3 Å². The van der Waals surface area contributed by atoms with Crippen LogP contribution in [0.1, 0.15) is 18.7 Å². The number of quaternary nitrogens is 1. The van der Waals surface area contributed by atoms with Gasteiger partial charge < -0.3 is 15.0 Å². The maximum absolute atomic E-state index is 11.9. The van der Waals surface area contributed by atoms with Crippen molar-refractivity contribution in [1.29, 1.82) is 0 Å². The molecule has 0 spiro atoms. The Kier molecular flexibility index (Phi) is 5.72. The first kappa shape index (κ1) is 15.9. The lowest BCUT2D eigenvalue weighted by molar-refractivity contribution is -0.907. The molecule has 1 saturated heterocycles. The number of ether oxygens (including phenoxy) is 1. The zero-order valence-corrected chi connectivity index (χ0v) is 13.2. The number of morpholine rings is 1. The summed E-state index contributed by atoms with van der Waals surface area (Å²) in [5.41, 5.74) is 0. The highest BCUT2D eigenvalue weighted by Crippen LogP contribution is 2.06. The molecular weight excluding hydrogens is 290 g/mol. The Morgan fingerprint density at radius 1 is 1.38 bits per heavy atom. The summed E-state index contributed by atoms with van der Waals surface area (Å²) in [7, 11) is 0. The summed E-state index contributed by atoms with van der Waals surface area (Å²) >= 11 is 1.57. The van der Waals surface area contributed by atoms with E-state index in [0.717, 1.165) is 22.9 Å². The van der Waals surface area contributed by atoms with E-state index in [9.17, 15) is 9.59 Å². The molecular formula is C14H22N3O3S+. The van der Waals surface area contributed by atoms with Gasteiger partial charge in [0.05, 0.1) is 6.54 Å². The van der Waals surface area contributed by atoms with Gasteiger partial charge in [-0.2, -0.15) is 0 Å². The maximum atomic E-state index is 11.9. The third kappa shape index (κ3) is 5.45. The van der Waals surface area contributed by atoms with E-state index in [1.807, 2.05) is 31.4 Å². The van der Waals surface area contributed by atoms with Crippen LogP contribution in [0, 0.1) is 0 Å². The second-order valence-corrected chi connectivity index (χ2v) is 6.43.